The molecule has 0 unspecified atom stereocenters. The van der Waals surface area contributed by atoms with E-state index in [-0.39, 0.29) is 0 Å². The molecule has 0 N–H and O–H groups in total. The predicted molar refractivity (Wildman–Crippen MR) is 92.7 cm³/mol. The smallest absolute Gasteiger partial charge is 0.138 e. The van der Waals surface area contributed by atoms with Crippen LogP contribution in [-0.2, 0) is 17.6 Å². The van der Waals surface area contributed by atoms with Crippen LogP contribution in [0.1, 0.15) is 75.7 Å². The lowest BCUT2D eigenvalue weighted by Gasteiger charge is -2.02. The van der Waals surface area contributed by atoms with Gasteiger partial charge in [-0.1, -0.05) is 46.0 Å². The summed E-state index contributed by atoms with van der Waals surface area (Å²) in [5.74, 6) is 0.388. The highest BCUT2D eigenvalue weighted by atomic mass is 79.9. The highest BCUT2D eigenvalue weighted by Crippen LogP contribution is 2.30. The number of thiophene rings is 1. The highest BCUT2D eigenvalue weighted by molar-refractivity contribution is 9.10. The first-order chi connectivity index (χ1) is 9.69. The Labute approximate surface area is 136 Å². The Bertz CT molecular complexity index is 398. The number of carbonyl (C=O) groups excluding carboxylic acids is 1. The molecule has 0 saturated carbocycles. The Kier molecular flexibility index (Phi) is 9.45. The van der Waals surface area contributed by atoms with Crippen LogP contribution in [0.4, 0.5) is 0 Å². The average molecular weight is 359 g/mol. The van der Waals surface area contributed by atoms with Crippen molar-refractivity contribution in [3.05, 3.63) is 20.3 Å². The van der Waals surface area contributed by atoms with Crippen molar-refractivity contribution in [2.45, 2.75) is 78.1 Å². The van der Waals surface area contributed by atoms with Crippen molar-refractivity contribution in [3.8, 4) is 0 Å². The lowest BCUT2D eigenvalue weighted by Crippen LogP contribution is -2.01. The van der Waals surface area contributed by atoms with Gasteiger partial charge in [0.15, 0.2) is 0 Å². The average Bonchev–Trinajstić information content (AvgIpc) is 2.77. The molecule has 0 aliphatic heterocycles. The van der Waals surface area contributed by atoms with Gasteiger partial charge in [0.05, 0.1) is 0 Å². The van der Waals surface area contributed by atoms with E-state index < -0.39 is 0 Å². The molecular formula is C17H27BrOS. The summed E-state index contributed by atoms with van der Waals surface area (Å²) >= 11 is 5.43. The van der Waals surface area contributed by atoms with Gasteiger partial charge in [-0.2, -0.15) is 0 Å². The third-order valence-electron chi connectivity index (χ3n) is 3.59. The zero-order valence-electron chi connectivity index (χ0n) is 12.8. The number of carbonyl (C=O) groups is 1. The summed E-state index contributed by atoms with van der Waals surface area (Å²) in [5.41, 5.74) is 1.39. The van der Waals surface area contributed by atoms with Crippen LogP contribution in [0.2, 0.25) is 0 Å². The van der Waals surface area contributed by atoms with Gasteiger partial charge < -0.3 is 0 Å². The van der Waals surface area contributed by atoms with Crippen LogP contribution in [-0.4, -0.2) is 5.78 Å². The quantitative estimate of drug-likeness (QED) is 0.422. The van der Waals surface area contributed by atoms with Gasteiger partial charge in [-0.05, 0) is 46.1 Å². The molecule has 114 valence electrons. The molecule has 1 heterocycles. The molecule has 3 heteroatoms. The summed E-state index contributed by atoms with van der Waals surface area (Å²) in [5, 5.41) is 2.23. The molecule has 0 fully saturated rings. The van der Waals surface area contributed by atoms with Gasteiger partial charge in [0.1, 0.15) is 5.78 Å². The maximum Gasteiger partial charge on any atom is 0.138 e. The molecule has 0 aliphatic carbocycles. The van der Waals surface area contributed by atoms with Crippen molar-refractivity contribution in [2.75, 3.05) is 0 Å². The van der Waals surface area contributed by atoms with Crippen LogP contribution in [0, 0.1) is 0 Å². The van der Waals surface area contributed by atoms with E-state index in [0.717, 1.165) is 19.3 Å². The predicted octanol–water partition coefficient (Wildman–Crippen LogP) is 6.33. The fraction of sp³-hybridized carbons (Fsp3) is 0.706. The molecule has 1 rings (SSSR count). The zero-order chi connectivity index (χ0) is 14.8. The van der Waals surface area contributed by atoms with Crippen LogP contribution in [0.15, 0.2) is 9.85 Å². The standard InChI is InChI=1S/C17H27BrOS/c1-3-5-7-9-10-14-13-20-16(17(14)18)12-15(19)11-8-6-4-2/h13H,3-12H2,1-2H3. The molecule has 0 amide bonds. The number of rotatable bonds is 11. The summed E-state index contributed by atoms with van der Waals surface area (Å²) in [4.78, 5) is 13.2. The van der Waals surface area contributed by atoms with Gasteiger partial charge in [-0.25, -0.2) is 0 Å². The lowest BCUT2D eigenvalue weighted by molar-refractivity contribution is -0.118. The minimum absolute atomic E-state index is 0.388. The molecule has 0 spiro atoms. The van der Waals surface area contributed by atoms with Crippen LogP contribution in [0.5, 0.6) is 0 Å². The van der Waals surface area contributed by atoms with Crippen LogP contribution < -0.4 is 0 Å². The summed E-state index contributed by atoms with van der Waals surface area (Å²) in [6, 6.07) is 0. The summed E-state index contributed by atoms with van der Waals surface area (Å²) in [7, 11) is 0. The van der Waals surface area contributed by atoms with Gasteiger partial charge in [0.2, 0.25) is 0 Å². The third kappa shape index (κ3) is 6.53. The Hall–Kier alpha value is -0.150. The second-order valence-electron chi connectivity index (χ2n) is 5.48. The second kappa shape index (κ2) is 10.6. The van der Waals surface area contributed by atoms with Gasteiger partial charge in [0.25, 0.3) is 0 Å². The van der Waals surface area contributed by atoms with Gasteiger partial charge in [-0.15, -0.1) is 11.3 Å². The molecule has 1 aromatic heterocycles. The molecule has 0 bridgehead atoms. The number of hydrogen-bond acceptors (Lipinski definition) is 2. The molecule has 0 radical (unpaired) electrons. The topological polar surface area (TPSA) is 17.1 Å². The van der Waals surface area contributed by atoms with Crippen molar-refractivity contribution in [3.63, 3.8) is 0 Å². The molecule has 20 heavy (non-hydrogen) atoms. The van der Waals surface area contributed by atoms with E-state index in [1.54, 1.807) is 11.3 Å². The van der Waals surface area contributed by atoms with Crippen LogP contribution >= 0.6 is 27.3 Å². The first kappa shape index (κ1) is 17.9. The summed E-state index contributed by atoms with van der Waals surface area (Å²) < 4.78 is 1.20. The summed E-state index contributed by atoms with van der Waals surface area (Å²) in [6.45, 7) is 4.41. The van der Waals surface area contributed by atoms with Crippen LogP contribution in [0.25, 0.3) is 0 Å². The van der Waals surface area contributed by atoms with Crippen molar-refractivity contribution in [2.24, 2.45) is 0 Å². The number of unbranched alkanes of at least 4 members (excludes halogenated alkanes) is 5. The van der Waals surface area contributed by atoms with E-state index in [9.17, 15) is 4.79 Å². The second-order valence-corrected chi connectivity index (χ2v) is 7.24. The Morgan fingerprint density at radius 1 is 1.10 bits per heavy atom. The summed E-state index contributed by atoms with van der Waals surface area (Å²) in [6.07, 6.45) is 11.1. The number of ketones is 1. The number of hydrogen-bond donors (Lipinski definition) is 0. The lowest BCUT2D eigenvalue weighted by atomic mass is 10.1. The molecular weight excluding hydrogens is 332 g/mol. The van der Waals surface area contributed by atoms with Crippen molar-refractivity contribution in [1.82, 2.24) is 0 Å². The molecule has 1 nitrogen and oxygen atoms in total. The van der Waals surface area contributed by atoms with E-state index in [1.807, 2.05) is 0 Å². The minimum atomic E-state index is 0.388. The molecule has 0 saturated heterocycles. The van der Waals surface area contributed by atoms with Gasteiger partial charge in [-0.3, -0.25) is 4.79 Å². The van der Waals surface area contributed by atoms with Crippen LogP contribution in [0.3, 0.4) is 0 Å². The largest absolute Gasteiger partial charge is 0.299 e. The normalized spacial score (nSPS) is 10.9. The van der Waals surface area contributed by atoms with E-state index >= 15 is 0 Å². The molecule has 1 aromatic rings. The van der Waals surface area contributed by atoms with Crippen molar-refractivity contribution in [1.29, 1.82) is 0 Å². The SMILES string of the molecule is CCCCCCc1csc(CC(=O)CCCCC)c1Br. The van der Waals surface area contributed by atoms with E-state index in [0.29, 0.717) is 12.2 Å². The van der Waals surface area contributed by atoms with Crippen molar-refractivity contribution >= 4 is 33.0 Å². The Balaban J connectivity index is 2.39. The number of aryl methyl sites for hydroxylation is 1. The fourth-order valence-electron chi connectivity index (χ4n) is 2.29. The van der Waals surface area contributed by atoms with E-state index in [2.05, 4.69) is 35.2 Å². The fourth-order valence-corrected chi connectivity index (χ4v) is 4.18. The number of Topliss-reactive ketones (excluding diaryl/α,β-unsaturated/α-hetero) is 1. The van der Waals surface area contributed by atoms with E-state index in [1.165, 1.54) is 53.4 Å². The molecule has 0 aromatic carbocycles. The first-order valence-corrected chi connectivity index (χ1v) is 9.62. The monoisotopic (exact) mass is 358 g/mol. The minimum Gasteiger partial charge on any atom is -0.299 e. The van der Waals surface area contributed by atoms with E-state index in [4.69, 9.17) is 0 Å². The number of halogens is 1. The first-order valence-electron chi connectivity index (χ1n) is 7.95. The van der Waals surface area contributed by atoms with Gasteiger partial charge in [0, 0.05) is 22.2 Å². The van der Waals surface area contributed by atoms with Gasteiger partial charge >= 0.3 is 0 Å². The third-order valence-corrected chi connectivity index (χ3v) is 5.87. The highest BCUT2D eigenvalue weighted by Gasteiger charge is 2.12. The zero-order valence-corrected chi connectivity index (χ0v) is 15.2. The molecule has 0 aliphatic rings. The maximum absolute atomic E-state index is 11.9. The van der Waals surface area contributed by atoms with Crippen molar-refractivity contribution < 1.29 is 4.79 Å². The Morgan fingerprint density at radius 3 is 2.50 bits per heavy atom. The maximum atomic E-state index is 11.9. The Morgan fingerprint density at radius 2 is 1.80 bits per heavy atom. The molecule has 0 atom stereocenters.